The normalized spacial score (nSPS) is 10.0. The molecule has 0 radical (unpaired) electrons. The van der Waals surface area contributed by atoms with Crippen molar-refractivity contribution < 1.29 is 9.53 Å². The van der Waals surface area contributed by atoms with E-state index in [4.69, 9.17) is 4.74 Å². The summed E-state index contributed by atoms with van der Waals surface area (Å²) in [5, 5.41) is 0. The molecule has 0 heterocycles. The second-order valence-corrected chi connectivity index (χ2v) is 3.16. The first-order valence-electron chi connectivity index (χ1n) is 4.99. The first-order valence-corrected chi connectivity index (χ1v) is 4.99. The van der Waals surface area contributed by atoms with Crippen LogP contribution in [0.4, 0.5) is 0 Å². The molecule has 0 N–H and O–H groups in total. The molecule has 0 aliphatic carbocycles. The Labute approximate surface area is 84.9 Å². The van der Waals surface area contributed by atoms with Crippen LogP contribution in [0.1, 0.15) is 18.4 Å². The maximum atomic E-state index is 9.98. The van der Waals surface area contributed by atoms with Crippen molar-refractivity contribution in [2.75, 3.05) is 13.2 Å². The summed E-state index contributed by atoms with van der Waals surface area (Å²) in [5.41, 5.74) is 1.34. The number of ether oxygens (including phenoxy) is 1. The molecule has 0 saturated carbocycles. The first kappa shape index (κ1) is 10.9. The molecule has 0 bridgehead atoms. The van der Waals surface area contributed by atoms with Gasteiger partial charge in [-0.15, -0.1) is 0 Å². The Morgan fingerprint density at radius 2 is 1.93 bits per heavy atom. The lowest BCUT2D eigenvalue weighted by molar-refractivity contribution is -0.108. The minimum atomic E-state index is 0.505. The largest absolute Gasteiger partial charge is 0.381 e. The summed E-state index contributed by atoms with van der Waals surface area (Å²) in [6, 6.07) is 10.3. The molecule has 76 valence electrons. The van der Waals surface area contributed by atoms with Gasteiger partial charge in [-0.3, -0.25) is 0 Å². The van der Waals surface area contributed by atoms with E-state index < -0.39 is 0 Å². The molecule has 0 saturated heterocycles. The van der Waals surface area contributed by atoms with Crippen molar-refractivity contribution in [1.82, 2.24) is 0 Å². The Morgan fingerprint density at radius 3 is 2.64 bits per heavy atom. The van der Waals surface area contributed by atoms with Crippen molar-refractivity contribution in [2.24, 2.45) is 0 Å². The van der Waals surface area contributed by atoms with Gasteiger partial charge in [0.2, 0.25) is 0 Å². The van der Waals surface area contributed by atoms with E-state index in [-0.39, 0.29) is 0 Å². The van der Waals surface area contributed by atoms with Gasteiger partial charge in [-0.1, -0.05) is 30.3 Å². The van der Waals surface area contributed by atoms with Gasteiger partial charge in [-0.25, -0.2) is 0 Å². The summed E-state index contributed by atoms with van der Waals surface area (Å²) in [6.07, 6.45) is 3.45. The van der Waals surface area contributed by atoms with E-state index in [2.05, 4.69) is 12.1 Å². The SMILES string of the molecule is O=CCCOCCCc1ccccc1. The average Bonchev–Trinajstić information content (AvgIpc) is 2.25. The zero-order chi connectivity index (χ0) is 10.1. The maximum Gasteiger partial charge on any atom is 0.122 e. The number of benzene rings is 1. The quantitative estimate of drug-likeness (QED) is 0.489. The topological polar surface area (TPSA) is 26.3 Å². The highest BCUT2D eigenvalue weighted by Gasteiger charge is 1.92. The molecule has 0 spiro atoms. The number of carbonyl (C=O) groups is 1. The monoisotopic (exact) mass is 192 g/mol. The van der Waals surface area contributed by atoms with Crippen molar-refractivity contribution in [3.63, 3.8) is 0 Å². The highest BCUT2D eigenvalue weighted by molar-refractivity contribution is 5.49. The molecular formula is C12H16O2. The van der Waals surface area contributed by atoms with E-state index >= 15 is 0 Å². The minimum absolute atomic E-state index is 0.505. The van der Waals surface area contributed by atoms with Crippen LogP contribution >= 0.6 is 0 Å². The highest BCUT2D eigenvalue weighted by atomic mass is 16.5. The van der Waals surface area contributed by atoms with Gasteiger partial charge in [0.25, 0.3) is 0 Å². The van der Waals surface area contributed by atoms with E-state index in [1.807, 2.05) is 18.2 Å². The Hall–Kier alpha value is -1.15. The summed E-state index contributed by atoms with van der Waals surface area (Å²) in [7, 11) is 0. The summed E-state index contributed by atoms with van der Waals surface area (Å²) in [4.78, 5) is 9.98. The number of carbonyl (C=O) groups excluding carboxylic acids is 1. The van der Waals surface area contributed by atoms with Crippen molar-refractivity contribution in [1.29, 1.82) is 0 Å². The zero-order valence-electron chi connectivity index (χ0n) is 8.32. The van der Waals surface area contributed by atoms with Gasteiger partial charge in [-0.05, 0) is 18.4 Å². The average molecular weight is 192 g/mol. The van der Waals surface area contributed by atoms with Gasteiger partial charge < -0.3 is 9.53 Å². The molecule has 2 nitrogen and oxygen atoms in total. The fraction of sp³-hybridized carbons (Fsp3) is 0.417. The van der Waals surface area contributed by atoms with Gasteiger partial charge in [-0.2, -0.15) is 0 Å². The van der Waals surface area contributed by atoms with Crippen LogP contribution in [0.25, 0.3) is 0 Å². The predicted octanol–water partition coefficient (Wildman–Crippen LogP) is 2.22. The molecule has 0 amide bonds. The summed E-state index contributed by atoms with van der Waals surface area (Å²) >= 11 is 0. The van der Waals surface area contributed by atoms with Gasteiger partial charge in [0.15, 0.2) is 0 Å². The number of aryl methyl sites for hydroxylation is 1. The predicted molar refractivity (Wildman–Crippen MR) is 56.3 cm³/mol. The van der Waals surface area contributed by atoms with Crippen LogP contribution in [0.15, 0.2) is 30.3 Å². The van der Waals surface area contributed by atoms with E-state index in [0.29, 0.717) is 13.0 Å². The van der Waals surface area contributed by atoms with Crippen molar-refractivity contribution in [3.8, 4) is 0 Å². The minimum Gasteiger partial charge on any atom is -0.381 e. The first-order chi connectivity index (χ1) is 6.93. The third-order valence-electron chi connectivity index (χ3n) is 1.98. The van der Waals surface area contributed by atoms with Gasteiger partial charge in [0.05, 0.1) is 6.61 Å². The van der Waals surface area contributed by atoms with Crippen molar-refractivity contribution in [3.05, 3.63) is 35.9 Å². The molecule has 0 atom stereocenters. The van der Waals surface area contributed by atoms with E-state index in [9.17, 15) is 4.79 Å². The molecule has 0 aliphatic rings. The van der Waals surface area contributed by atoms with Gasteiger partial charge in [0, 0.05) is 13.0 Å². The fourth-order valence-corrected chi connectivity index (χ4v) is 1.26. The highest BCUT2D eigenvalue weighted by Crippen LogP contribution is 2.02. The Bertz CT molecular complexity index is 244. The van der Waals surface area contributed by atoms with Gasteiger partial charge in [0.1, 0.15) is 6.29 Å². The van der Waals surface area contributed by atoms with E-state index in [1.165, 1.54) is 5.56 Å². The van der Waals surface area contributed by atoms with Crippen LogP contribution < -0.4 is 0 Å². The molecule has 1 aromatic carbocycles. The lowest BCUT2D eigenvalue weighted by Crippen LogP contribution is -1.98. The third-order valence-corrected chi connectivity index (χ3v) is 1.98. The zero-order valence-corrected chi connectivity index (χ0v) is 8.32. The lowest BCUT2D eigenvalue weighted by atomic mass is 10.1. The summed E-state index contributed by atoms with van der Waals surface area (Å²) in [6.45, 7) is 1.29. The second kappa shape index (κ2) is 7.27. The number of rotatable bonds is 7. The standard InChI is InChI=1S/C12H16O2/c13-9-5-11-14-10-4-8-12-6-2-1-3-7-12/h1-3,6-7,9H,4-5,8,10-11H2. The van der Waals surface area contributed by atoms with Crippen LogP contribution in [0.5, 0.6) is 0 Å². The molecule has 1 aromatic rings. The van der Waals surface area contributed by atoms with E-state index in [1.54, 1.807) is 0 Å². The number of hydrogen-bond acceptors (Lipinski definition) is 2. The van der Waals surface area contributed by atoms with Crippen LogP contribution in [-0.4, -0.2) is 19.5 Å². The van der Waals surface area contributed by atoms with Crippen LogP contribution in [-0.2, 0) is 16.0 Å². The van der Waals surface area contributed by atoms with Crippen LogP contribution in [0.3, 0.4) is 0 Å². The Morgan fingerprint density at radius 1 is 1.14 bits per heavy atom. The molecule has 0 fully saturated rings. The molecule has 0 aliphatic heterocycles. The summed E-state index contributed by atoms with van der Waals surface area (Å²) in [5.74, 6) is 0. The fourth-order valence-electron chi connectivity index (χ4n) is 1.26. The Kier molecular flexibility index (Phi) is 5.68. The Balaban J connectivity index is 2.02. The van der Waals surface area contributed by atoms with Crippen molar-refractivity contribution in [2.45, 2.75) is 19.3 Å². The van der Waals surface area contributed by atoms with Crippen molar-refractivity contribution >= 4 is 6.29 Å². The molecule has 1 rings (SSSR count). The maximum absolute atomic E-state index is 9.98. The molecule has 2 heteroatoms. The number of hydrogen-bond donors (Lipinski definition) is 0. The molecule has 0 unspecified atom stereocenters. The second-order valence-electron chi connectivity index (χ2n) is 3.16. The van der Waals surface area contributed by atoms with Gasteiger partial charge >= 0.3 is 0 Å². The van der Waals surface area contributed by atoms with Crippen LogP contribution in [0.2, 0.25) is 0 Å². The smallest absolute Gasteiger partial charge is 0.122 e. The van der Waals surface area contributed by atoms with Crippen LogP contribution in [0, 0.1) is 0 Å². The molecule has 0 aromatic heterocycles. The molecular weight excluding hydrogens is 176 g/mol. The van der Waals surface area contributed by atoms with E-state index in [0.717, 1.165) is 25.7 Å². The number of aldehydes is 1. The molecule has 14 heavy (non-hydrogen) atoms. The third kappa shape index (κ3) is 4.77. The lowest BCUT2D eigenvalue weighted by Gasteiger charge is -2.02. The summed E-state index contributed by atoms with van der Waals surface area (Å²) < 4.78 is 5.26.